The van der Waals surface area contributed by atoms with Crippen LogP contribution in [0.1, 0.15) is 16.0 Å². The summed E-state index contributed by atoms with van der Waals surface area (Å²) >= 11 is 1.70. The van der Waals surface area contributed by atoms with Crippen LogP contribution in [-0.4, -0.2) is 34.5 Å². The van der Waals surface area contributed by atoms with E-state index >= 15 is 0 Å². The van der Waals surface area contributed by atoms with E-state index in [1.807, 2.05) is 6.92 Å². The van der Waals surface area contributed by atoms with Gasteiger partial charge in [0.15, 0.2) is 5.96 Å². The van der Waals surface area contributed by atoms with Gasteiger partial charge in [0.2, 0.25) is 10.0 Å². The SMILES string of the molecule is CN=C(NCCNS(=O)(=O)c1ccc(C)cc1)NCc1sccc1C.I. The molecule has 0 aliphatic heterocycles. The van der Waals surface area contributed by atoms with E-state index in [1.165, 1.54) is 10.4 Å². The first-order chi connectivity index (χ1) is 11.9. The van der Waals surface area contributed by atoms with Gasteiger partial charge >= 0.3 is 0 Å². The number of benzene rings is 1. The van der Waals surface area contributed by atoms with E-state index in [-0.39, 0.29) is 35.4 Å². The van der Waals surface area contributed by atoms with Gasteiger partial charge in [-0.25, -0.2) is 13.1 Å². The largest absolute Gasteiger partial charge is 0.355 e. The maximum absolute atomic E-state index is 12.2. The zero-order valence-corrected chi connectivity index (χ0v) is 19.0. The first-order valence-corrected chi connectivity index (χ1v) is 10.3. The summed E-state index contributed by atoms with van der Waals surface area (Å²) in [6.07, 6.45) is 0. The van der Waals surface area contributed by atoms with Gasteiger partial charge in [-0.2, -0.15) is 0 Å². The Morgan fingerprint density at radius 2 is 1.77 bits per heavy atom. The molecule has 2 aromatic rings. The first-order valence-electron chi connectivity index (χ1n) is 7.96. The lowest BCUT2D eigenvalue weighted by atomic mass is 10.2. The van der Waals surface area contributed by atoms with Gasteiger partial charge in [-0.1, -0.05) is 17.7 Å². The van der Waals surface area contributed by atoms with E-state index in [0.29, 0.717) is 19.0 Å². The molecule has 0 spiro atoms. The molecule has 0 bridgehead atoms. The maximum Gasteiger partial charge on any atom is 0.240 e. The molecule has 2 rings (SSSR count). The number of nitrogens with zero attached hydrogens (tertiary/aromatic N) is 1. The fourth-order valence-electron chi connectivity index (χ4n) is 2.14. The normalized spacial score (nSPS) is 11.7. The van der Waals surface area contributed by atoms with Crippen LogP contribution in [0.4, 0.5) is 0 Å². The second-order valence-corrected chi connectivity index (χ2v) is 8.36. The second-order valence-electron chi connectivity index (χ2n) is 5.59. The minimum atomic E-state index is -3.48. The minimum absolute atomic E-state index is 0. The number of thiophene rings is 1. The molecular weight excluding hydrogens is 483 g/mol. The number of aliphatic imine (C=N–C) groups is 1. The molecule has 144 valence electrons. The summed E-state index contributed by atoms with van der Waals surface area (Å²) in [5.41, 5.74) is 2.27. The van der Waals surface area contributed by atoms with Crippen LogP contribution in [0.5, 0.6) is 0 Å². The molecule has 0 saturated heterocycles. The van der Waals surface area contributed by atoms with Gasteiger partial charge in [0.1, 0.15) is 0 Å². The van der Waals surface area contributed by atoms with Gasteiger partial charge in [0, 0.05) is 25.0 Å². The molecule has 9 heteroatoms. The lowest BCUT2D eigenvalue weighted by Crippen LogP contribution is -2.41. The van der Waals surface area contributed by atoms with Crippen molar-refractivity contribution in [2.24, 2.45) is 4.99 Å². The van der Waals surface area contributed by atoms with Crippen LogP contribution in [0.15, 0.2) is 45.6 Å². The quantitative estimate of drug-likeness (QED) is 0.233. The summed E-state index contributed by atoms with van der Waals surface area (Å²) in [7, 11) is -1.80. The van der Waals surface area contributed by atoms with E-state index < -0.39 is 10.0 Å². The average Bonchev–Trinajstić information content (AvgIpc) is 2.99. The van der Waals surface area contributed by atoms with Crippen molar-refractivity contribution in [3.63, 3.8) is 0 Å². The molecule has 0 fully saturated rings. The number of guanidine groups is 1. The van der Waals surface area contributed by atoms with E-state index in [9.17, 15) is 8.42 Å². The van der Waals surface area contributed by atoms with Gasteiger partial charge in [-0.15, -0.1) is 35.3 Å². The van der Waals surface area contributed by atoms with Gasteiger partial charge in [0.05, 0.1) is 11.4 Å². The molecule has 0 atom stereocenters. The summed E-state index contributed by atoms with van der Waals surface area (Å²) in [4.78, 5) is 5.67. The number of sulfonamides is 1. The van der Waals surface area contributed by atoms with Gasteiger partial charge in [-0.05, 0) is 43.0 Å². The predicted octanol–water partition coefficient (Wildman–Crippen LogP) is 2.63. The Kier molecular flexibility index (Phi) is 9.55. The molecule has 1 heterocycles. The topological polar surface area (TPSA) is 82.6 Å². The third-order valence-electron chi connectivity index (χ3n) is 3.65. The number of hydrogen-bond acceptors (Lipinski definition) is 4. The lowest BCUT2D eigenvalue weighted by Gasteiger charge is -2.12. The number of hydrogen-bond donors (Lipinski definition) is 3. The molecule has 0 radical (unpaired) electrons. The number of aryl methyl sites for hydroxylation is 2. The fraction of sp³-hybridized carbons (Fsp3) is 0.353. The van der Waals surface area contributed by atoms with Crippen LogP contribution >= 0.6 is 35.3 Å². The van der Waals surface area contributed by atoms with Crippen LogP contribution in [-0.2, 0) is 16.6 Å². The Morgan fingerprint density at radius 3 is 2.35 bits per heavy atom. The van der Waals surface area contributed by atoms with Gasteiger partial charge in [0.25, 0.3) is 0 Å². The highest BCUT2D eigenvalue weighted by Crippen LogP contribution is 2.14. The molecule has 26 heavy (non-hydrogen) atoms. The standard InChI is InChI=1S/C17H24N4O2S2.HI/c1-13-4-6-15(7-5-13)25(22,23)21-10-9-19-17(18-3)20-12-16-14(2)8-11-24-16;/h4-8,11,21H,9-10,12H2,1-3H3,(H2,18,19,20);1H. The fourth-order valence-corrected chi connectivity index (χ4v) is 4.01. The number of nitrogens with one attached hydrogen (secondary N) is 3. The minimum Gasteiger partial charge on any atom is -0.355 e. The predicted molar refractivity (Wildman–Crippen MR) is 119 cm³/mol. The van der Waals surface area contributed by atoms with E-state index in [2.05, 4.69) is 38.7 Å². The van der Waals surface area contributed by atoms with E-state index in [4.69, 9.17) is 0 Å². The summed E-state index contributed by atoms with van der Waals surface area (Å²) in [5.74, 6) is 0.641. The van der Waals surface area contributed by atoms with Crippen LogP contribution in [0.25, 0.3) is 0 Å². The summed E-state index contributed by atoms with van der Waals surface area (Å²) < 4.78 is 27.0. The zero-order valence-electron chi connectivity index (χ0n) is 15.1. The molecule has 1 aromatic heterocycles. The number of halogens is 1. The van der Waals surface area contributed by atoms with E-state index in [1.54, 1.807) is 42.6 Å². The Morgan fingerprint density at radius 1 is 1.08 bits per heavy atom. The Bertz CT molecular complexity index is 818. The van der Waals surface area contributed by atoms with Crippen LogP contribution in [0, 0.1) is 13.8 Å². The molecular formula is C17H25IN4O2S2. The van der Waals surface area contributed by atoms with E-state index in [0.717, 1.165) is 5.56 Å². The van der Waals surface area contributed by atoms with Gasteiger partial charge < -0.3 is 10.6 Å². The third-order valence-corrected chi connectivity index (χ3v) is 6.15. The maximum atomic E-state index is 12.2. The first kappa shape index (κ1) is 22.9. The summed E-state index contributed by atoms with van der Waals surface area (Å²) in [6, 6.07) is 8.86. The molecule has 0 amide bonds. The summed E-state index contributed by atoms with van der Waals surface area (Å²) in [6.45, 7) is 5.40. The molecule has 6 nitrogen and oxygen atoms in total. The third kappa shape index (κ3) is 6.86. The highest BCUT2D eigenvalue weighted by Gasteiger charge is 2.12. The number of rotatable bonds is 7. The van der Waals surface area contributed by atoms with Crippen molar-refractivity contribution in [1.29, 1.82) is 0 Å². The molecule has 0 aliphatic rings. The molecule has 3 N–H and O–H groups in total. The molecule has 0 saturated carbocycles. The van der Waals surface area contributed by atoms with Crippen LogP contribution in [0.2, 0.25) is 0 Å². The molecule has 1 aromatic carbocycles. The lowest BCUT2D eigenvalue weighted by molar-refractivity contribution is 0.580. The van der Waals surface area contributed by atoms with Crippen molar-refractivity contribution in [2.75, 3.05) is 20.1 Å². The Balaban J connectivity index is 0.00000338. The van der Waals surface area contributed by atoms with Crippen molar-refractivity contribution in [1.82, 2.24) is 15.4 Å². The Labute approximate surface area is 176 Å². The molecule has 0 unspecified atom stereocenters. The highest BCUT2D eigenvalue weighted by atomic mass is 127. The Hall–Kier alpha value is -1.17. The van der Waals surface area contributed by atoms with Crippen molar-refractivity contribution in [2.45, 2.75) is 25.3 Å². The van der Waals surface area contributed by atoms with Crippen molar-refractivity contribution in [3.8, 4) is 0 Å². The monoisotopic (exact) mass is 508 g/mol. The zero-order chi connectivity index (χ0) is 18.3. The van der Waals surface area contributed by atoms with Crippen molar-refractivity contribution < 1.29 is 8.42 Å². The average molecular weight is 508 g/mol. The highest BCUT2D eigenvalue weighted by molar-refractivity contribution is 14.0. The van der Waals surface area contributed by atoms with Crippen LogP contribution in [0.3, 0.4) is 0 Å². The van der Waals surface area contributed by atoms with Gasteiger partial charge in [-0.3, -0.25) is 4.99 Å². The smallest absolute Gasteiger partial charge is 0.240 e. The molecule has 0 aliphatic carbocycles. The van der Waals surface area contributed by atoms with Crippen LogP contribution < -0.4 is 15.4 Å². The second kappa shape index (κ2) is 10.9. The van der Waals surface area contributed by atoms with Crippen molar-refractivity contribution in [3.05, 3.63) is 51.7 Å². The van der Waals surface area contributed by atoms with Crippen molar-refractivity contribution >= 4 is 51.3 Å². The summed E-state index contributed by atoms with van der Waals surface area (Å²) in [5, 5.41) is 8.38.